The smallest absolute Gasteiger partial charge is 0.318 e. The zero-order valence-electron chi connectivity index (χ0n) is 10.1. The predicted molar refractivity (Wildman–Crippen MR) is 66.4 cm³/mol. The van der Waals surface area contributed by atoms with Crippen LogP contribution in [0.2, 0.25) is 0 Å². The lowest BCUT2D eigenvalue weighted by atomic mass is 10.1. The molecule has 2 amide bonds. The first-order valence-electron chi connectivity index (χ1n) is 6.36. The summed E-state index contributed by atoms with van der Waals surface area (Å²) < 4.78 is 0. The van der Waals surface area contributed by atoms with Crippen molar-refractivity contribution < 1.29 is 4.79 Å². The van der Waals surface area contributed by atoms with E-state index in [0.717, 1.165) is 13.1 Å². The lowest BCUT2D eigenvalue weighted by Crippen LogP contribution is -2.42. The number of rotatable bonds is 2. The fourth-order valence-corrected chi connectivity index (χ4v) is 2.48. The van der Waals surface area contributed by atoms with Crippen LogP contribution >= 0.6 is 0 Å². The van der Waals surface area contributed by atoms with E-state index >= 15 is 0 Å². The molecule has 2 aliphatic rings. The molecule has 1 saturated carbocycles. The second-order valence-electron chi connectivity index (χ2n) is 5.20. The maximum atomic E-state index is 12.1. The van der Waals surface area contributed by atoms with Gasteiger partial charge in [-0.25, -0.2) is 4.79 Å². The number of hydrogen-bond acceptors (Lipinski definition) is 1. The third-order valence-electron chi connectivity index (χ3n) is 3.81. The molecule has 1 heterocycles. The Morgan fingerprint density at radius 2 is 1.88 bits per heavy atom. The number of carbonyl (C=O) groups excluding carboxylic acids is 1. The van der Waals surface area contributed by atoms with Crippen molar-refractivity contribution in [1.82, 2.24) is 10.2 Å². The van der Waals surface area contributed by atoms with Gasteiger partial charge in [0.2, 0.25) is 0 Å². The van der Waals surface area contributed by atoms with E-state index < -0.39 is 0 Å². The number of fused-ring (bicyclic) bond motifs is 1. The summed E-state index contributed by atoms with van der Waals surface area (Å²) in [6.45, 7) is 3.61. The number of hydrogen-bond donors (Lipinski definition) is 1. The van der Waals surface area contributed by atoms with Gasteiger partial charge in [0.05, 0.1) is 0 Å². The summed E-state index contributed by atoms with van der Waals surface area (Å²) in [5.41, 5.74) is 2.56. The fraction of sp³-hybridized carbons (Fsp3) is 0.500. The predicted octanol–water partition coefficient (Wildman–Crippen LogP) is 2.51. The van der Waals surface area contributed by atoms with Gasteiger partial charge in [-0.05, 0) is 36.8 Å². The van der Waals surface area contributed by atoms with E-state index in [4.69, 9.17) is 0 Å². The molecule has 90 valence electrons. The van der Waals surface area contributed by atoms with Gasteiger partial charge in [-0.1, -0.05) is 24.3 Å². The molecule has 1 aliphatic carbocycles. The minimum Gasteiger partial charge on any atom is -0.335 e. The summed E-state index contributed by atoms with van der Waals surface area (Å²) in [5, 5.41) is 3.11. The van der Waals surface area contributed by atoms with Crippen molar-refractivity contribution in [3.8, 4) is 0 Å². The SMILES string of the molecule is CC(NC(=O)N1Cc2ccccc2C1)C1CC1. The van der Waals surface area contributed by atoms with Crippen LogP contribution in [-0.2, 0) is 13.1 Å². The molecule has 1 aromatic carbocycles. The largest absolute Gasteiger partial charge is 0.335 e. The van der Waals surface area contributed by atoms with Crippen molar-refractivity contribution in [3.05, 3.63) is 35.4 Å². The summed E-state index contributed by atoms with van der Waals surface area (Å²) in [6, 6.07) is 8.69. The van der Waals surface area contributed by atoms with Crippen LogP contribution in [0.4, 0.5) is 4.79 Å². The van der Waals surface area contributed by atoms with Gasteiger partial charge < -0.3 is 10.2 Å². The van der Waals surface area contributed by atoms with E-state index in [-0.39, 0.29) is 6.03 Å². The normalized spacial score (nSPS) is 19.9. The molecule has 1 aromatic rings. The highest BCUT2D eigenvalue weighted by Crippen LogP contribution is 2.32. The Morgan fingerprint density at radius 3 is 2.41 bits per heavy atom. The number of benzene rings is 1. The van der Waals surface area contributed by atoms with Gasteiger partial charge in [0, 0.05) is 19.1 Å². The molecular weight excluding hydrogens is 212 g/mol. The maximum Gasteiger partial charge on any atom is 0.318 e. The van der Waals surface area contributed by atoms with Crippen LogP contribution in [0, 0.1) is 5.92 Å². The van der Waals surface area contributed by atoms with Crippen LogP contribution in [-0.4, -0.2) is 17.0 Å². The summed E-state index contributed by atoms with van der Waals surface area (Å²) in [4.78, 5) is 14.0. The van der Waals surface area contributed by atoms with Crippen LogP contribution in [0.25, 0.3) is 0 Å². The Kier molecular flexibility index (Phi) is 2.54. The molecule has 0 bridgehead atoms. The Labute approximate surface area is 102 Å². The highest BCUT2D eigenvalue weighted by atomic mass is 16.2. The maximum absolute atomic E-state index is 12.1. The van der Waals surface area contributed by atoms with Gasteiger partial charge in [0.25, 0.3) is 0 Å². The lowest BCUT2D eigenvalue weighted by Gasteiger charge is -2.20. The van der Waals surface area contributed by atoms with Crippen LogP contribution in [0.15, 0.2) is 24.3 Å². The number of nitrogens with one attached hydrogen (secondary N) is 1. The molecule has 1 N–H and O–H groups in total. The Morgan fingerprint density at radius 1 is 1.29 bits per heavy atom. The van der Waals surface area contributed by atoms with E-state index in [0.29, 0.717) is 12.0 Å². The van der Waals surface area contributed by atoms with Gasteiger partial charge in [0.1, 0.15) is 0 Å². The van der Waals surface area contributed by atoms with Crippen molar-refractivity contribution in [1.29, 1.82) is 0 Å². The van der Waals surface area contributed by atoms with Crippen molar-refractivity contribution in [2.75, 3.05) is 0 Å². The van der Waals surface area contributed by atoms with Crippen molar-refractivity contribution in [2.24, 2.45) is 5.92 Å². The quantitative estimate of drug-likeness (QED) is 0.832. The standard InChI is InChI=1S/C14H18N2O/c1-10(11-6-7-11)15-14(17)16-8-12-4-2-3-5-13(12)9-16/h2-5,10-11H,6-9H2,1H3,(H,15,17). The zero-order chi connectivity index (χ0) is 11.8. The molecule has 1 atom stereocenters. The molecule has 1 fully saturated rings. The van der Waals surface area contributed by atoms with E-state index in [1.54, 1.807) is 0 Å². The highest BCUT2D eigenvalue weighted by Gasteiger charge is 2.31. The van der Waals surface area contributed by atoms with Crippen molar-refractivity contribution in [3.63, 3.8) is 0 Å². The van der Waals surface area contributed by atoms with E-state index in [9.17, 15) is 4.79 Å². The third-order valence-corrected chi connectivity index (χ3v) is 3.81. The molecule has 0 radical (unpaired) electrons. The number of urea groups is 1. The second kappa shape index (κ2) is 4.06. The molecule has 3 rings (SSSR count). The minimum atomic E-state index is 0.0839. The highest BCUT2D eigenvalue weighted by molar-refractivity contribution is 5.75. The molecule has 0 spiro atoms. The number of carbonyl (C=O) groups is 1. The monoisotopic (exact) mass is 230 g/mol. The van der Waals surface area contributed by atoms with Crippen LogP contribution in [0.5, 0.6) is 0 Å². The average Bonchev–Trinajstić information content (AvgIpc) is 3.08. The Bertz CT molecular complexity index is 415. The van der Waals surface area contributed by atoms with E-state index in [2.05, 4.69) is 24.4 Å². The summed E-state index contributed by atoms with van der Waals surface area (Å²) in [7, 11) is 0. The number of nitrogens with zero attached hydrogens (tertiary/aromatic N) is 1. The Balaban J connectivity index is 1.61. The van der Waals surface area contributed by atoms with Crippen molar-refractivity contribution in [2.45, 2.75) is 38.9 Å². The van der Waals surface area contributed by atoms with E-state index in [1.165, 1.54) is 24.0 Å². The first-order chi connectivity index (χ1) is 8.24. The van der Waals surface area contributed by atoms with Gasteiger partial charge in [0.15, 0.2) is 0 Å². The average molecular weight is 230 g/mol. The molecule has 3 nitrogen and oxygen atoms in total. The second-order valence-corrected chi connectivity index (χ2v) is 5.20. The molecule has 0 saturated heterocycles. The van der Waals surface area contributed by atoms with Crippen molar-refractivity contribution >= 4 is 6.03 Å². The molecule has 1 aliphatic heterocycles. The first kappa shape index (κ1) is 10.6. The molecule has 3 heteroatoms. The molecule has 17 heavy (non-hydrogen) atoms. The topological polar surface area (TPSA) is 32.3 Å². The molecule has 0 aromatic heterocycles. The van der Waals surface area contributed by atoms with Gasteiger partial charge in [-0.3, -0.25) is 0 Å². The van der Waals surface area contributed by atoms with E-state index in [1.807, 2.05) is 17.0 Å². The van der Waals surface area contributed by atoms with Gasteiger partial charge in [-0.15, -0.1) is 0 Å². The summed E-state index contributed by atoms with van der Waals surface area (Å²) in [6.07, 6.45) is 2.53. The Hall–Kier alpha value is -1.51. The van der Waals surface area contributed by atoms with Gasteiger partial charge in [-0.2, -0.15) is 0 Å². The number of amides is 2. The first-order valence-corrected chi connectivity index (χ1v) is 6.36. The summed E-state index contributed by atoms with van der Waals surface area (Å²) >= 11 is 0. The third kappa shape index (κ3) is 2.14. The molecule has 1 unspecified atom stereocenters. The zero-order valence-corrected chi connectivity index (χ0v) is 10.1. The lowest BCUT2D eigenvalue weighted by molar-refractivity contribution is 0.193. The summed E-state index contributed by atoms with van der Waals surface area (Å²) in [5.74, 6) is 0.712. The minimum absolute atomic E-state index is 0.0839. The van der Waals surface area contributed by atoms with Crippen LogP contribution in [0.3, 0.4) is 0 Å². The fourth-order valence-electron chi connectivity index (χ4n) is 2.48. The molecular formula is C14H18N2O. The van der Waals surface area contributed by atoms with Gasteiger partial charge >= 0.3 is 6.03 Å². The van der Waals surface area contributed by atoms with Crippen LogP contribution in [0.1, 0.15) is 30.9 Å². The van der Waals surface area contributed by atoms with Crippen LogP contribution < -0.4 is 5.32 Å².